The highest BCUT2D eigenvalue weighted by atomic mass is 16.4. The molecule has 0 saturated heterocycles. The summed E-state index contributed by atoms with van der Waals surface area (Å²) in [6.45, 7) is 2.57. The van der Waals surface area contributed by atoms with Crippen molar-refractivity contribution in [3.63, 3.8) is 0 Å². The molecule has 0 aliphatic carbocycles. The minimum absolute atomic E-state index is 0.0602. The fraction of sp³-hybridized carbons (Fsp3) is 0.154. The Kier molecular flexibility index (Phi) is 5.85. The molecule has 0 aliphatic heterocycles. The smallest absolute Gasteiger partial charge is 0.336 e. The molecule has 5 nitrogen and oxygen atoms in total. The molecule has 1 N–H and O–H groups in total. The zero-order chi connectivity index (χ0) is 21.8. The lowest BCUT2D eigenvalue weighted by molar-refractivity contribution is 0.0697. The molecule has 31 heavy (non-hydrogen) atoms. The van der Waals surface area contributed by atoms with Gasteiger partial charge in [-0.25, -0.2) is 9.59 Å². The van der Waals surface area contributed by atoms with Crippen LogP contribution in [0.4, 0.5) is 0 Å². The number of carbonyl (C=O) groups is 1. The van der Waals surface area contributed by atoms with Gasteiger partial charge in [-0.15, -0.1) is 0 Å². The number of aromatic nitrogens is 2. The standard InChI is InChI=1S/C26H24N2O3/c1-2-8-22-18-28(21-9-4-3-5-10-21)26(31)27(22)17-19-13-15-20(16-14-19)23-11-6-7-12-24(23)25(29)30/h3-7,9-16,18H,2,8,17H2,1H3,(H,29,30). The number of carboxylic acid groups (broad SMARTS) is 1. The van der Waals surface area contributed by atoms with Gasteiger partial charge in [0.05, 0.1) is 17.8 Å². The van der Waals surface area contributed by atoms with Crippen LogP contribution in [0.5, 0.6) is 0 Å². The number of hydrogen-bond donors (Lipinski definition) is 1. The van der Waals surface area contributed by atoms with Crippen molar-refractivity contribution in [3.05, 3.63) is 112 Å². The second kappa shape index (κ2) is 8.88. The Bertz CT molecular complexity index is 1250. The molecule has 5 heteroatoms. The van der Waals surface area contributed by atoms with Gasteiger partial charge in [-0.2, -0.15) is 0 Å². The van der Waals surface area contributed by atoms with Crippen molar-refractivity contribution in [1.29, 1.82) is 0 Å². The fourth-order valence-corrected chi connectivity index (χ4v) is 3.82. The van der Waals surface area contributed by atoms with E-state index >= 15 is 0 Å². The Morgan fingerprint density at radius 2 is 1.58 bits per heavy atom. The van der Waals surface area contributed by atoms with E-state index in [1.807, 2.05) is 77.5 Å². The predicted octanol–water partition coefficient (Wildman–Crippen LogP) is 5.01. The molecule has 0 unspecified atom stereocenters. The van der Waals surface area contributed by atoms with Gasteiger partial charge in [0, 0.05) is 11.9 Å². The number of benzene rings is 3. The highest BCUT2D eigenvalue weighted by Crippen LogP contribution is 2.24. The van der Waals surface area contributed by atoms with E-state index in [-0.39, 0.29) is 11.3 Å². The summed E-state index contributed by atoms with van der Waals surface area (Å²) in [6.07, 6.45) is 3.70. The maximum absolute atomic E-state index is 13.1. The van der Waals surface area contributed by atoms with Gasteiger partial charge in [-0.05, 0) is 41.3 Å². The van der Waals surface area contributed by atoms with Crippen molar-refractivity contribution in [1.82, 2.24) is 9.13 Å². The first-order valence-corrected chi connectivity index (χ1v) is 10.4. The van der Waals surface area contributed by atoms with Crippen molar-refractivity contribution in [2.75, 3.05) is 0 Å². The van der Waals surface area contributed by atoms with Crippen LogP contribution < -0.4 is 5.69 Å². The summed E-state index contributed by atoms with van der Waals surface area (Å²) in [4.78, 5) is 24.7. The van der Waals surface area contributed by atoms with Crippen LogP contribution >= 0.6 is 0 Å². The van der Waals surface area contributed by atoms with Crippen LogP contribution in [-0.2, 0) is 13.0 Å². The Labute approximate surface area is 180 Å². The van der Waals surface area contributed by atoms with Gasteiger partial charge >= 0.3 is 11.7 Å². The number of nitrogens with zero attached hydrogens (tertiary/aromatic N) is 2. The third kappa shape index (κ3) is 4.21. The number of para-hydroxylation sites is 1. The van der Waals surface area contributed by atoms with E-state index in [1.165, 1.54) is 0 Å². The predicted molar refractivity (Wildman–Crippen MR) is 122 cm³/mol. The molecule has 3 aromatic carbocycles. The Hall–Kier alpha value is -3.86. The molecule has 156 valence electrons. The zero-order valence-corrected chi connectivity index (χ0v) is 17.4. The molecular formula is C26H24N2O3. The van der Waals surface area contributed by atoms with Gasteiger partial charge in [-0.1, -0.05) is 74.0 Å². The van der Waals surface area contributed by atoms with Gasteiger partial charge in [0.25, 0.3) is 0 Å². The number of hydrogen-bond acceptors (Lipinski definition) is 2. The topological polar surface area (TPSA) is 64.2 Å². The quantitative estimate of drug-likeness (QED) is 0.464. The van der Waals surface area contributed by atoms with Crippen molar-refractivity contribution >= 4 is 5.97 Å². The van der Waals surface area contributed by atoms with Crippen LogP contribution in [0.15, 0.2) is 89.9 Å². The van der Waals surface area contributed by atoms with Gasteiger partial charge in [0.15, 0.2) is 0 Å². The normalized spacial score (nSPS) is 10.9. The van der Waals surface area contributed by atoms with E-state index in [4.69, 9.17) is 0 Å². The third-order valence-electron chi connectivity index (χ3n) is 5.37. The largest absolute Gasteiger partial charge is 0.478 e. The average molecular weight is 412 g/mol. The average Bonchev–Trinajstić information content (AvgIpc) is 3.10. The molecular weight excluding hydrogens is 388 g/mol. The lowest BCUT2D eigenvalue weighted by Crippen LogP contribution is -2.24. The molecule has 0 spiro atoms. The first-order valence-electron chi connectivity index (χ1n) is 10.4. The molecule has 1 aromatic heterocycles. The Balaban J connectivity index is 1.67. The van der Waals surface area contributed by atoms with Gasteiger partial charge in [0.2, 0.25) is 0 Å². The summed E-state index contributed by atoms with van der Waals surface area (Å²) >= 11 is 0. The number of aryl methyl sites for hydroxylation is 1. The second-order valence-corrected chi connectivity index (χ2v) is 7.49. The first-order chi connectivity index (χ1) is 15.1. The maximum atomic E-state index is 13.1. The zero-order valence-electron chi connectivity index (χ0n) is 17.4. The first kappa shape index (κ1) is 20.4. The van der Waals surface area contributed by atoms with Crippen molar-refractivity contribution < 1.29 is 9.90 Å². The third-order valence-corrected chi connectivity index (χ3v) is 5.37. The van der Waals surface area contributed by atoms with Gasteiger partial charge in [0.1, 0.15) is 0 Å². The molecule has 4 aromatic rings. The Morgan fingerprint density at radius 3 is 2.26 bits per heavy atom. The van der Waals surface area contributed by atoms with E-state index in [9.17, 15) is 14.7 Å². The van der Waals surface area contributed by atoms with Crippen LogP contribution in [0.1, 0.15) is 35.0 Å². The van der Waals surface area contributed by atoms with Crippen LogP contribution in [0.25, 0.3) is 16.8 Å². The van der Waals surface area contributed by atoms with Crippen LogP contribution in [-0.4, -0.2) is 20.2 Å². The highest BCUT2D eigenvalue weighted by molar-refractivity contribution is 5.95. The highest BCUT2D eigenvalue weighted by Gasteiger charge is 2.14. The van der Waals surface area contributed by atoms with Crippen molar-refractivity contribution in [2.45, 2.75) is 26.3 Å². The van der Waals surface area contributed by atoms with Crippen LogP contribution in [0.2, 0.25) is 0 Å². The summed E-state index contributed by atoms with van der Waals surface area (Å²) in [6, 6.07) is 24.3. The second-order valence-electron chi connectivity index (χ2n) is 7.49. The summed E-state index contributed by atoms with van der Waals surface area (Å²) in [5.74, 6) is -0.947. The summed E-state index contributed by atoms with van der Waals surface area (Å²) in [7, 11) is 0. The number of carboxylic acids is 1. The van der Waals surface area contributed by atoms with Gasteiger partial charge < -0.3 is 5.11 Å². The van der Waals surface area contributed by atoms with E-state index in [0.29, 0.717) is 12.1 Å². The van der Waals surface area contributed by atoms with Crippen molar-refractivity contribution in [2.24, 2.45) is 0 Å². The van der Waals surface area contributed by atoms with E-state index in [2.05, 4.69) is 6.92 Å². The molecule has 0 bridgehead atoms. The SMILES string of the molecule is CCCc1cn(-c2ccccc2)c(=O)n1Cc1ccc(-c2ccccc2C(=O)O)cc1. The molecule has 0 amide bonds. The molecule has 0 atom stereocenters. The summed E-state index contributed by atoms with van der Waals surface area (Å²) in [5, 5.41) is 9.44. The van der Waals surface area contributed by atoms with E-state index < -0.39 is 5.97 Å². The molecule has 0 fully saturated rings. The number of aromatic carboxylic acids is 1. The number of rotatable bonds is 7. The monoisotopic (exact) mass is 412 g/mol. The van der Waals surface area contributed by atoms with Crippen molar-refractivity contribution in [3.8, 4) is 16.8 Å². The lowest BCUT2D eigenvalue weighted by atomic mass is 9.99. The maximum Gasteiger partial charge on any atom is 0.336 e. The minimum Gasteiger partial charge on any atom is -0.478 e. The fourth-order valence-electron chi connectivity index (χ4n) is 3.82. The Morgan fingerprint density at radius 1 is 0.903 bits per heavy atom. The molecule has 4 rings (SSSR count). The molecule has 0 radical (unpaired) electrons. The van der Waals surface area contributed by atoms with E-state index in [0.717, 1.165) is 35.3 Å². The molecule has 1 heterocycles. The molecule has 0 aliphatic rings. The summed E-state index contributed by atoms with van der Waals surface area (Å²) in [5.41, 5.74) is 4.57. The molecule has 0 saturated carbocycles. The summed E-state index contributed by atoms with van der Waals surface area (Å²) < 4.78 is 3.51. The number of imidazole rings is 1. The minimum atomic E-state index is -0.947. The van der Waals surface area contributed by atoms with Crippen LogP contribution in [0, 0.1) is 0 Å². The van der Waals surface area contributed by atoms with E-state index in [1.54, 1.807) is 16.7 Å². The van der Waals surface area contributed by atoms with Gasteiger partial charge in [-0.3, -0.25) is 9.13 Å². The lowest BCUT2D eigenvalue weighted by Gasteiger charge is -2.09. The van der Waals surface area contributed by atoms with Crippen LogP contribution in [0.3, 0.4) is 0 Å².